The first-order chi connectivity index (χ1) is 7.34. The molecule has 0 saturated heterocycles. The van der Waals surface area contributed by atoms with E-state index in [2.05, 4.69) is 6.07 Å². The van der Waals surface area contributed by atoms with E-state index in [4.69, 9.17) is 0 Å². The third kappa shape index (κ3) is 2.78. The van der Waals surface area contributed by atoms with Crippen molar-refractivity contribution < 1.29 is 4.39 Å². The van der Waals surface area contributed by atoms with Gasteiger partial charge in [0.2, 0.25) is 0 Å². The minimum atomic E-state index is -0.208. The highest BCUT2D eigenvalue weighted by molar-refractivity contribution is 5.69. The number of hydrogen-bond acceptors (Lipinski definition) is 0. The highest BCUT2D eigenvalue weighted by atomic mass is 19.1. The Morgan fingerprint density at radius 3 is 2.33 bits per heavy atom. The second kappa shape index (κ2) is 4.56. The van der Waals surface area contributed by atoms with E-state index in [-0.39, 0.29) is 5.82 Å². The van der Waals surface area contributed by atoms with Crippen LogP contribution in [0.3, 0.4) is 0 Å². The van der Waals surface area contributed by atoms with E-state index in [1.54, 1.807) is 12.1 Å². The van der Waals surface area contributed by atoms with Crippen LogP contribution in [-0.4, -0.2) is 0 Å². The zero-order valence-corrected chi connectivity index (χ0v) is 8.15. The standard InChI is InChI=1S/C14H10F/c15-14-10-8-13(9-11-14)7-6-12-4-2-1-3-5-12/h1-2,4-11H. The van der Waals surface area contributed by atoms with Crippen molar-refractivity contribution in [3.63, 3.8) is 0 Å². The molecule has 0 unspecified atom stereocenters. The average Bonchev–Trinajstić information content (AvgIpc) is 2.30. The Kier molecular flexibility index (Phi) is 2.93. The summed E-state index contributed by atoms with van der Waals surface area (Å²) in [4.78, 5) is 0. The number of rotatable bonds is 2. The first kappa shape index (κ1) is 9.66. The van der Waals surface area contributed by atoms with Crippen molar-refractivity contribution >= 4 is 12.2 Å². The quantitative estimate of drug-likeness (QED) is 0.642. The molecule has 0 spiro atoms. The van der Waals surface area contributed by atoms with Crippen LogP contribution in [0.4, 0.5) is 4.39 Å². The molecular weight excluding hydrogens is 187 g/mol. The second-order valence-electron chi connectivity index (χ2n) is 3.22. The summed E-state index contributed by atoms with van der Waals surface area (Å²) in [5.74, 6) is -0.208. The van der Waals surface area contributed by atoms with Crippen LogP contribution in [0, 0.1) is 11.9 Å². The lowest BCUT2D eigenvalue weighted by atomic mass is 10.1. The first-order valence-corrected chi connectivity index (χ1v) is 4.74. The van der Waals surface area contributed by atoms with Gasteiger partial charge in [0, 0.05) is 0 Å². The van der Waals surface area contributed by atoms with E-state index in [0.717, 1.165) is 11.1 Å². The summed E-state index contributed by atoms with van der Waals surface area (Å²) in [5, 5.41) is 0. The molecule has 2 aromatic rings. The van der Waals surface area contributed by atoms with Crippen LogP contribution in [0.1, 0.15) is 11.1 Å². The van der Waals surface area contributed by atoms with Gasteiger partial charge in [-0.1, -0.05) is 42.5 Å². The zero-order chi connectivity index (χ0) is 10.5. The molecule has 1 heteroatoms. The van der Waals surface area contributed by atoms with Crippen molar-refractivity contribution in [2.45, 2.75) is 0 Å². The topological polar surface area (TPSA) is 0 Å². The number of hydrogen-bond donors (Lipinski definition) is 0. The molecule has 0 nitrogen and oxygen atoms in total. The van der Waals surface area contributed by atoms with Crippen molar-refractivity contribution in [1.29, 1.82) is 0 Å². The normalized spacial score (nSPS) is 10.7. The summed E-state index contributed by atoms with van der Waals surface area (Å²) in [5.41, 5.74) is 2.07. The van der Waals surface area contributed by atoms with E-state index < -0.39 is 0 Å². The van der Waals surface area contributed by atoms with Gasteiger partial charge < -0.3 is 0 Å². The minimum Gasteiger partial charge on any atom is -0.207 e. The maximum atomic E-state index is 12.6. The number of halogens is 1. The Hall–Kier alpha value is -1.89. The van der Waals surface area contributed by atoms with E-state index in [0.29, 0.717) is 0 Å². The van der Waals surface area contributed by atoms with Crippen molar-refractivity contribution in [2.24, 2.45) is 0 Å². The van der Waals surface area contributed by atoms with Gasteiger partial charge in [-0.2, -0.15) is 0 Å². The molecule has 15 heavy (non-hydrogen) atoms. The van der Waals surface area contributed by atoms with Crippen LogP contribution in [0.25, 0.3) is 12.2 Å². The highest BCUT2D eigenvalue weighted by Gasteiger charge is 1.89. The fourth-order valence-corrected chi connectivity index (χ4v) is 1.28. The molecule has 0 aliphatic heterocycles. The molecule has 0 atom stereocenters. The Bertz CT molecular complexity index is 441. The lowest BCUT2D eigenvalue weighted by Crippen LogP contribution is -1.74. The van der Waals surface area contributed by atoms with E-state index in [1.807, 2.05) is 36.4 Å². The SMILES string of the molecule is Fc1ccc(C=Cc2c[c]ccc2)cc1. The molecule has 0 saturated carbocycles. The van der Waals surface area contributed by atoms with Gasteiger partial charge in [-0.3, -0.25) is 0 Å². The predicted octanol–water partition coefficient (Wildman–Crippen LogP) is 3.80. The molecule has 1 radical (unpaired) electrons. The van der Waals surface area contributed by atoms with Crippen LogP contribution >= 0.6 is 0 Å². The molecule has 0 aliphatic rings. The summed E-state index contributed by atoms with van der Waals surface area (Å²) in [6, 6.07) is 17.1. The van der Waals surface area contributed by atoms with Gasteiger partial charge in [0.1, 0.15) is 5.82 Å². The van der Waals surface area contributed by atoms with Crippen LogP contribution in [-0.2, 0) is 0 Å². The van der Waals surface area contributed by atoms with Crippen LogP contribution in [0.5, 0.6) is 0 Å². The third-order valence-electron chi connectivity index (χ3n) is 2.07. The molecule has 2 rings (SSSR count). The monoisotopic (exact) mass is 197 g/mol. The molecule has 73 valence electrons. The van der Waals surface area contributed by atoms with Gasteiger partial charge in [0.25, 0.3) is 0 Å². The van der Waals surface area contributed by atoms with Gasteiger partial charge in [0.05, 0.1) is 0 Å². The molecule has 0 aromatic heterocycles. The van der Waals surface area contributed by atoms with Crippen LogP contribution in [0.2, 0.25) is 0 Å². The van der Waals surface area contributed by atoms with Crippen molar-refractivity contribution in [1.82, 2.24) is 0 Å². The van der Waals surface area contributed by atoms with E-state index in [9.17, 15) is 4.39 Å². The van der Waals surface area contributed by atoms with Crippen molar-refractivity contribution in [3.05, 3.63) is 71.5 Å². The Labute approximate surface area is 88.7 Å². The van der Waals surface area contributed by atoms with Crippen LogP contribution < -0.4 is 0 Å². The Morgan fingerprint density at radius 1 is 0.933 bits per heavy atom. The van der Waals surface area contributed by atoms with Gasteiger partial charge in [-0.05, 0) is 35.4 Å². The molecule has 0 N–H and O–H groups in total. The summed E-state index contributed by atoms with van der Waals surface area (Å²) in [7, 11) is 0. The van der Waals surface area contributed by atoms with Crippen molar-refractivity contribution in [2.75, 3.05) is 0 Å². The van der Waals surface area contributed by atoms with E-state index >= 15 is 0 Å². The molecular formula is C14H10F. The smallest absolute Gasteiger partial charge is 0.123 e. The third-order valence-corrected chi connectivity index (χ3v) is 2.07. The highest BCUT2D eigenvalue weighted by Crippen LogP contribution is 2.08. The molecule has 0 amide bonds. The lowest BCUT2D eigenvalue weighted by Gasteiger charge is -1.93. The predicted molar refractivity (Wildman–Crippen MR) is 60.6 cm³/mol. The molecule has 0 bridgehead atoms. The fraction of sp³-hybridized carbons (Fsp3) is 0. The fourth-order valence-electron chi connectivity index (χ4n) is 1.28. The summed E-state index contributed by atoms with van der Waals surface area (Å²) in [6.07, 6.45) is 3.92. The van der Waals surface area contributed by atoms with Crippen molar-refractivity contribution in [3.8, 4) is 0 Å². The van der Waals surface area contributed by atoms with Gasteiger partial charge >= 0.3 is 0 Å². The summed E-state index contributed by atoms with van der Waals surface area (Å²) >= 11 is 0. The molecule has 2 aromatic carbocycles. The Morgan fingerprint density at radius 2 is 1.67 bits per heavy atom. The number of benzene rings is 2. The second-order valence-corrected chi connectivity index (χ2v) is 3.22. The summed E-state index contributed by atoms with van der Waals surface area (Å²) in [6.45, 7) is 0. The maximum absolute atomic E-state index is 12.6. The average molecular weight is 197 g/mol. The minimum absolute atomic E-state index is 0.208. The van der Waals surface area contributed by atoms with Gasteiger partial charge in [0.15, 0.2) is 0 Å². The molecule has 0 fully saturated rings. The molecule has 0 heterocycles. The summed E-state index contributed by atoms with van der Waals surface area (Å²) < 4.78 is 12.6. The van der Waals surface area contributed by atoms with Gasteiger partial charge in [-0.25, -0.2) is 4.39 Å². The largest absolute Gasteiger partial charge is 0.207 e. The first-order valence-electron chi connectivity index (χ1n) is 4.74. The lowest BCUT2D eigenvalue weighted by molar-refractivity contribution is 0.628. The Balaban J connectivity index is 2.15. The molecule has 0 aliphatic carbocycles. The van der Waals surface area contributed by atoms with Crippen LogP contribution in [0.15, 0.2) is 48.5 Å². The zero-order valence-electron chi connectivity index (χ0n) is 8.15. The van der Waals surface area contributed by atoms with Gasteiger partial charge in [-0.15, -0.1) is 0 Å². The maximum Gasteiger partial charge on any atom is 0.123 e. The van der Waals surface area contributed by atoms with E-state index in [1.165, 1.54) is 12.1 Å².